The molecule has 1 saturated carbocycles. The van der Waals surface area contributed by atoms with Crippen LogP contribution >= 0.6 is 0 Å². The lowest BCUT2D eigenvalue weighted by molar-refractivity contribution is -0.133. The van der Waals surface area contributed by atoms with E-state index in [0.29, 0.717) is 18.8 Å². The third-order valence-corrected chi connectivity index (χ3v) is 8.46. The molecule has 5 rings (SSSR count). The third kappa shape index (κ3) is 4.82. The van der Waals surface area contributed by atoms with Crippen LogP contribution in [0.4, 0.5) is 0 Å². The number of carbonyl (C=O) groups excluding carboxylic acids is 2. The van der Waals surface area contributed by atoms with Gasteiger partial charge in [0, 0.05) is 18.3 Å². The van der Waals surface area contributed by atoms with Crippen molar-refractivity contribution in [1.29, 1.82) is 0 Å². The largest absolute Gasteiger partial charge is 0.351 e. The van der Waals surface area contributed by atoms with Gasteiger partial charge in [-0.2, -0.15) is 0 Å². The van der Waals surface area contributed by atoms with Crippen molar-refractivity contribution in [3.63, 3.8) is 0 Å². The number of amides is 2. The Labute approximate surface area is 209 Å². The fraction of sp³-hybridized carbons (Fsp3) is 0.533. The van der Waals surface area contributed by atoms with E-state index in [2.05, 4.69) is 35.0 Å². The minimum atomic E-state index is -0.926. The van der Waals surface area contributed by atoms with Crippen LogP contribution in [0.5, 0.6) is 0 Å². The highest BCUT2D eigenvalue weighted by Gasteiger charge is 2.48. The van der Waals surface area contributed by atoms with Crippen molar-refractivity contribution in [1.82, 2.24) is 14.8 Å². The Morgan fingerprint density at radius 2 is 1.77 bits per heavy atom. The highest BCUT2D eigenvalue weighted by molar-refractivity contribution is 6.00. The van der Waals surface area contributed by atoms with Gasteiger partial charge in [0.25, 0.3) is 5.91 Å². The van der Waals surface area contributed by atoms with E-state index < -0.39 is 5.54 Å². The van der Waals surface area contributed by atoms with Crippen LogP contribution < -0.4 is 5.32 Å². The Kier molecular flexibility index (Phi) is 6.86. The molecule has 0 spiro atoms. The van der Waals surface area contributed by atoms with Crippen molar-refractivity contribution in [2.24, 2.45) is 5.92 Å². The van der Waals surface area contributed by atoms with Gasteiger partial charge in [-0.25, -0.2) is 0 Å². The fourth-order valence-electron chi connectivity index (χ4n) is 6.12. The molecule has 186 valence electrons. The van der Waals surface area contributed by atoms with Gasteiger partial charge in [0.15, 0.2) is 0 Å². The number of aromatic nitrogens is 1. The van der Waals surface area contributed by atoms with Crippen LogP contribution in [0.3, 0.4) is 0 Å². The van der Waals surface area contributed by atoms with Crippen LogP contribution in [0, 0.1) is 5.92 Å². The number of benzene rings is 1. The van der Waals surface area contributed by atoms with Crippen molar-refractivity contribution in [2.45, 2.75) is 89.8 Å². The van der Waals surface area contributed by atoms with Crippen LogP contribution in [-0.2, 0) is 11.3 Å². The standard InChI is InChI=1S/C30H39N3O2/c1-22-13-15-25(16-14-22)31-29(35)30(2)21-32-26(24-11-7-4-8-12-24)17-18-27(32)28(34)33(30)20-19-23-9-5-3-6-10-23/h4,7-9,11-12,17-18,22,25H,3,5-6,10,13-16,19-21H2,1-2H3,(H,31,35)/t22?,25?,30-/m1/s1. The van der Waals surface area contributed by atoms with Gasteiger partial charge in [0.1, 0.15) is 11.2 Å². The molecule has 0 unspecified atom stereocenters. The van der Waals surface area contributed by atoms with Crippen molar-refractivity contribution < 1.29 is 9.59 Å². The summed E-state index contributed by atoms with van der Waals surface area (Å²) >= 11 is 0. The summed E-state index contributed by atoms with van der Waals surface area (Å²) in [5.74, 6) is 0.678. The molecule has 2 amide bonds. The summed E-state index contributed by atoms with van der Waals surface area (Å²) in [7, 11) is 0. The summed E-state index contributed by atoms with van der Waals surface area (Å²) in [5.41, 5.74) is 3.24. The zero-order valence-corrected chi connectivity index (χ0v) is 21.3. The number of nitrogens with zero attached hydrogens (tertiary/aromatic N) is 2. The summed E-state index contributed by atoms with van der Waals surface area (Å²) in [6.07, 6.45) is 12.3. The smallest absolute Gasteiger partial charge is 0.271 e. The highest BCUT2D eigenvalue weighted by atomic mass is 16.2. The maximum atomic E-state index is 13.9. The SMILES string of the molecule is CC1CCC(NC(=O)[C@@]2(C)Cn3c(ccc3-c3ccccc3)C(=O)N2CCC2=CCCCC2)CC1. The van der Waals surface area contributed by atoms with E-state index in [1.54, 1.807) is 0 Å². The molecule has 0 bridgehead atoms. The number of hydrogen-bond donors (Lipinski definition) is 1. The summed E-state index contributed by atoms with van der Waals surface area (Å²) in [4.78, 5) is 29.7. The fourth-order valence-corrected chi connectivity index (χ4v) is 6.12. The second kappa shape index (κ2) is 10.0. The molecule has 2 aliphatic carbocycles. The van der Waals surface area contributed by atoms with Gasteiger partial charge < -0.3 is 14.8 Å². The van der Waals surface area contributed by atoms with E-state index in [9.17, 15) is 9.59 Å². The summed E-state index contributed by atoms with van der Waals surface area (Å²) in [6, 6.07) is 14.3. The molecule has 1 N–H and O–H groups in total. The molecular weight excluding hydrogens is 434 g/mol. The van der Waals surface area contributed by atoms with E-state index in [1.165, 1.54) is 18.4 Å². The molecule has 1 aromatic heterocycles. The quantitative estimate of drug-likeness (QED) is 0.527. The lowest BCUT2D eigenvalue weighted by Gasteiger charge is -2.45. The maximum absolute atomic E-state index is 13.9. The van der Waals surface area contributed by atoms with Crippen molar-refractivity contribution in [3.8, 4) is 11.3 Å². The first-order valence-electron chi connectivity index (χ1n) is 13.5. The summed E-state index contributed by atoms with van der Waals surface area (Å²) in [6.45, 7) is 5.32. The van der Waals surface area contributed by atoms with Gasteiger partial charge in [-0.3, -0.25) is 9.59 Å². The Balaban J connectivity index is 1.45. The second-order valence-corrected chi connectivity index (χ2v) is 11.1. The first-order chi connectivity index (χ1) is 17.0. The summed E-state index contributed by atoms with van der Waals surface area (Å²) < 4.78 is 2.07. The van der Waals surface area contributed by atoms with E-state index in [4.69, 9.17) is 0 Å². The Hall–Kier alpha value is -2.82. The summed E-state index contributed by atoms with van der Waals surface area (Å²) in [5, 5.41) is 3.36. The molecular formula is C30H39N3O2. The number of allylic oxidation sites excluding steroid dienone is 1. The van der Waals surface area contributed by atoms with Crippen molar-refractivity contribution in [3.05, 3.63) is 59.8 Å². The van der Waals surface area contributed by atoms with Gasteiger partial charge in [-0.15, -0.1) is 0 Å². The Morgan fingerprint density at radius 1 is 1.03 bits per heavy atom. The molecule has 5 nitrogen and oxygen atoms in total. The van der Waals surface area contributed by atoms with Gasteiger partial charge in [-0.1, -0.05) is 48.9 Å². The van der Waals surface area contributed by atoms with Crippen LogP contribution in [0.25, 0.3) is 11.3 Å². The molecule has 2 heterocycles. The monoisotopic (exact) mass is 473 g/mol. The van der Waals surface area contributed by atoms with Crippen LogP contribution in [0.2, 0.25) is 0 Å². The molecule has 35 heavy (non-hydrogen) atoms. The second-order valence-electron chi connectivity index (χ2n) is 11.1. The lowest BCUT2D eigenvalue weighted by Crippen LogP contribution is -2.65. The predicted molar refractivity (Wildman–Crippen MR) is 140 cm³/mol. The number of hydrogen-bond acceptors (Lipinski definition) is 2. The molecule has 1 atom stereocenters. The minimum Gasteiger partial charge on any atom is -0.351 e. The van der Waals surface area contributed by atoms with Gasteiger partial charge in [-0.05, 0) is 88.3 Å². The van der Waals surface area contributed by atoms with E-state index in [-0.39, 0.29) is 17.9 Å². The van der Waals surface area contributed by atoms with Crippen molar-refractivity contribution >= 4 is 11.8 Å². The van der Waals surface area contributed by atoms with E-state index >= 15 is 0 Å². The Bertz CT molecular complexity index is 1090. The number of fused-ring (bicyclic) bond motifs is 1. The number of carbonyl (C=O) groups is 2. The molecule has 1 fully saturated rings. The zero-order chi connectivity index (χ0) is 24.4. The van der Waals surface area contributed by atoms with Crippen LogP contribution in [-0.4, -0.2) is 39.4 Å². The minimum absolute atomic E-state index is 0.0126. The first kappa shape index (κ1) is 23.9. The molecule has 3 aliphatic rings. The Morgan fingerprint density at radius 3 is 2.49 bits per heavy atom. The molecule has 1 aromatic carbocycles. The normalized spacial score (nSPS) is 26.7. The van der Waals surface area contributed by atoms with Gasteiger partial charge in [0.05, 0.1) is 6.54 Å². The number of rotatable bonds is 6. The topological polar surface area (TPSA) is 54.3 Å². The van der Waals surface area contributed by atoms with Crippen LogP contribution in [0.15, 0.2) is 54.1 Å². The third-order valence-electron chi connectivity index (χ3n) is 8.46. The zero-order valence-electron chi connectivity index (χ0n) is 21.3. The number of nitrogens with one attached hydrogen (secondary N) is 1. The van der Waals surface area contributed by atoms with E-state index in [0.717, 1.165) is 62.1 Å². The molecule has 2 aromatic rings. The van der Waals surface area contributed by atoms with E-state index in [1.807, 2.05) is 42.2 Å². The molecule has 5 heteroatoms. The van der Waals surface area contributed by atoms with Crippen molar-refractivity contribution in [2.75, 3.05) is 6.54 Å². The average Bonchev–Trinajstić information content (AvgIpc) is 3.30. The average molecular weight is 474 g/mol. The van der Waals surface area contributed by atoms with Gasteiger partial charge >= 0.3 is 0 Å². The molecule has 0 saturated heterocycles. The highest BCUT2D eigenvalue weighted by Crippen LogP contribution is 2.34. The molecule has 0 radical (unpaired) electrons. The molecule has 1 aliphatic heterocycles. The maximum Gasteiger partial charge on any atom is 0.271 e. The van der Waals surface area contributed by atoms with Crippen LogP contribution in [0.1, 0.15) is 82.1 Å². The predicted octanol–water partition coefficient (Wildman–Crippen LogP) is 5.96. The first-order valence-corrected chi connectivity index (χ1v) is 13.5. The lowest BCUT2D eigenvalue weighted by atomic mass is 9.86. The van der Waals surface area contributed by atoms with Gasteiger partial charge in [0.2, 0.25) is 5.91 Å².